The Hall–Kier alpha value is -3.99. The van der Waals surface area contributed by atoms with Gasteiger partial charge in [-0.3, -0.25) is 14.2 Å². The molecule has 0 aliphatic carbocycles. The highest BCUT2D eigenvalue weighted by Crippen LogP contribution is 2.40. The summed E-state index contributed by atoms with van der Waals surface area (Å²) in [7, 11) is 1.52. The zero-order chi connectivity index (χ0) is 28.8. The molecular formula is C30H21BrClN3O5S. The Kier molecular flexibility index (Phi) is 7.14. The second kappa shape index (κ2) is 10.8. The molecule has 206 valence electrons. The van der Waals surface area contributed by atoms with Gasteiger partial charge in [0.25, 0.3) is 11.5 Å². The van der Waals surface area contributed by atoms with Crippen LogP contribution < -0.4 is 24.9 Å². The summed E-state index contributed by atoms with van der Waals surface area (Å²) in [4.78, 5) is 46.4. The summed E-state index contributed by atoms with van der Waals surface area (Å²) in [5.74, 6) is -0.573. The summed E-state index contributed by atoms with van der Waals surface area (Å²) in [6.45, 7) is 1.84. The molecule has 0 saturated heterocycles. The lowest BCUT2D eigenvalue weighted by atomic mass is 9.92. The van der Waals surface area contributed by atoms with E-state index >= 15 is 0 Å². The van der Waals surface area contributed by atoms with Crippen molar-refractivity contribution in [3.63, 3.8) is 0 Å². The Morgan fingerprint density at radius 2 is 1.90 bits per heavy atom. The summed E-state index contributed by atoms with van der Waals surface area (Å²) < 4.78 is 13.6. The van der Waals surface area contributed by atoms with Crippen molar-refractivity contribution < 1.29 is 19.1 Å². The smallest absolute Gasteiger partial charge is 0.338 e. The molecule has 1 N–H and O–H groups in total. The van der Waals surface area contributed by atoms with Crippen LogP contribution in [0.25, 0.3) is 11.3 Å². The third-order valence-corrected chi connectivity index (χ3v) is 8.57. The van der Waals surface area contributed by atoms with Gasteiger partial charge in [-0.2, -0.15) is 0 Å². The van der Waals surface area contributed by atoms with Gasteiger partial charge in [0, 0.05) is 31.9 Å². The van der Waals surface area contributed by atoms with Crippen LogP contribution in [0.15, 0.2) is 86.6 Å². The molecule has 0 unspecified atom stereocenters. The first kappa shape index (κ1) is 27.2. The topological polar surface area (TPSA) is 99.0 Å². The van der Waals surface area contributed by atoms with Crippen LogP contribution in [-0.4, -0.2) is 30.2 Å². The van der Waals surface area contributed by atoms with Crippen LogP contribution in [0, 0.1) is 0 Å². The van der Waals surface area contributed by atoms with E-state index in [-0.39, 0.29) is 22.3 Å². The van der Waals surface area contributed by atoms with Crippen LogP contribution >= 0.6 is 38.9 Å². The monoisotopic (exact) mass is 649 g/mol. The number of rotatable bonds is 5. The average molecular weight is 651 g/mol. The lowest BCUT2D eigenvalue weighted by Gasteiger charge is -2.27. The molecule has 8 nitrogen and oxygen atoms in total. The van der Waals surface area contributed by atoms with E-state index in [0.717, 1.165) is 15.8 Å². The van der Waals surface area contributed by atoms with E-state index in [1.54, 1.807) is 37.3 Å². The fraction of sp³-hybridized carbons (Fsp3) is 0.133. The minimum Gasteiger partial charge on any atom is -0.496 e. The van der Waals surface area contributed by atoms with Crippen LogP contribution in [0.2, 0.25) is 5.02 Å². The van der Waals surface area contributed by atoms with Gasteiger partial charge in [-0.25, -0.2) is 9.79 Å². The van der Waals surface area contributed by atoms with E-state index in [1.165, 1.54) is 11.7 Å². The van der Waals surface area contributed by atoms with Crippen molar-refractivity contribution in [1.82, 2.24) is 4.57 Å². The third-order valence-electron chi connectivity index (χ3n) is 6.79. The number of anilines is 1. The van der Waals surface area contributed by atoms with Crippen molar-refractivity contribution in [3.8, 4) is 5.75 Å². The SMILES string of the molecule is CCOC(=O)C1=C(c2ccccc2)N=c2s/c(=C3/C(=O)Nc4ccc(Cl)cc43)c(=O)n2[C@H]1c1cc(Br)ccc1OC. The number of fused-ring (bicyclic) bond motifs is 2. The lowest BCUT2D eigenvalue weighted by Crippen LogP contribution is -2.40. The van der Waals surface area contributed by atoms with Gasteiger partial charge in [0.15, 0.2) is 4.80 Å². The molecular weight excluding hydrogens is 630 g/mol. The number of nitrogens with one attached hydrogen (secondary N) is 1. The molecule has 1 atom stereocenters. The van der Waals surface area contributed by atoms with Gasteiger partial charge in [-0.05, 0) is 43.3 Å². The van der Waals surface area contributed by atoms with Crippen molar-refractivity contribution in [2.24, 2.45) is 4.99 Å². The maximum Gasteiger partial charge on any atom is 0.338 e. The molecule has 3 heterocycles. The Morgan fingerprint density at radius 1 is 1.12 bits per heavy atom. The van der Waals surface area contributed by atoms with Crippen LogP contribution in [0.1, 0.15) is 29.7 Å². The maximum absolute atomic E-state index is 14.3. The van der Waals surface area contributed by atoms with Gasteiger partial charge >= 0.3 is 5.97 Å². The number of hydrogen-bond donors (Lipinski definition) is 1. The number of esters is 1. The second-order valence-corrected chi connectivity index (χ2v) is 11.5. The van der Waals surface area contributed by atoms with Crippen molar-refractivity contribution in [2.45, 2.75) is 13.0 Å². The number of amides is 1. The summed E-state index contributed by atoms with van der Waals surface area (Å²) in [5, 5.41) is 3.24. The van der Waals surface area contributed by atoms with Crippen molar-refractivity contribution in [2.75, 3.05) is 19.0 Å². The summed E-state index contributed by atoms with van der Waals surface area (Å²) in [6.07, 6.45) is 0. The van der Waals surface area contributed by atoms with Crippen molar-refractivity contribution in [3.05, 3.63) is 118 Å². The summed E-state index contributed by atoms with van der Waals surface area (Å²) in [6, 6.07) is 18.6. The molecule has 0 fully saturated rings. The second-order valence-electron chi connectivity index (χ2n) is 9.16. The molecule has 11 heteroatoms. The Balaban J connectivity index is 1.76. The molecule has 6 rings (SSSR count). The number of halogens is 2. The molecule has 0 radical (unpaired) electrons. The van der Waals surface area contributed by atoms with Crippen LogP contribution in [0.3, 0.4) is 0 Å². The van der Waals surface area contributed by atoms with E-state index in [9.17, 15) is 14.4 Å². The van der Waals surface area contributed by atoms with Crippen LogP contribution in [0.5, 0.6) is 5.75 Å². The predicted molar refractivity (Wildman–Crippen MR) is 161 cm³/mol. The quantitative estimate of drug-likeness (QED) is 0.317. The van der Waals surface area contributed by atoms with Gasteiger partial charge in [0.1, 0.15) is 16.3 Å². The van der Waals surface area contributed by atoms with E-state index in [0.29, 0.717) is 43.6 Å². The summed E-state index contributed by atoms with van der Waals surface area (Å²) >= 11 is 10.9. The number of ether oxygens (including phenoxy) is 2. The molecule has 0 saturated carbocycles. The first-order chi connectivity index (χ1) is 19.8. The fourth-order valence-corrected chi connectivity index (χ4v) is 6.72. The van der Waals surface area contributed by atoms with Crippen molar-refractivity contribution in [1.29, 1.82) is 0 Å². The molecule has 0 bridgehead atoms. The van der Waals surface area contributed by atoms with Gasteiger partial charge in [0.2, 0.25) is 0 Å². The van der Waals surface area contributed by atoms with Gasteiger partial charge in [-0.15, -0.1) is 0 Å². The molecule has 0 spiro atoms. The molecule has 41 heavy (non-hydrogen) atoms. The number of hydrogen-bond acceptors (Lipinski definition) is 7. The van der Waals surface area contributed by atoms with Crippen LogP contribution in [-0.2, 0) is 14.3 Å². The van der Waals surface area contributed by atoms with Gasteiger partial charge in [-0.1, -0.05) is 69.2 Å². The molecule has 4 aromatic rings. The molecule has 2 aliphatic heterocycles. The zero-order valence-electron chi connectivity index (χ0n) is 21.7. The number of thiazole rings is 1. The largest absolute Gasteiger partial charge is 0.496 e. The minimum absolute atomic E-state index is 0.124. The predicted octanol–water partition coefficient (Wildman–Crippen LogP) is 4.68. The summed E-state index contributed by atoms with van der Waals surface area (Å²) in [5.41, 5.74) is 2.57. The van der Waals surface area contributed by atoms with E-state index in [2.05, 4.69) is 21.2 Å². The number of carbonyl (C=O) groups is 2. The first-order valence-electron chi connectivity index (χ1n) is 12.6. The third kappa shape index (κ3) is 4.61. The van der Waals surface area contributed by atoms with E-state index in [1.807, 2.05) is 36.4 Å². The van der Waals surface area contributed by atoms with Crippen molar-refractivity contribution >= 4 is 67.7 Å². The molecule has 1 aromatic heterocycles. The number of methoxy groups -OCH3 is 1. The molecule has 3 aromatic carbocycles. The Bertz CT molecular complexity index is 1970. The fourth-order valence-electron chi connectivity index (χ4n) is 5.07. The first-order valence-corrected chi connectivity index (χ1v) is 14.6. The normalized spacial score (nSPS) is 17.0. The number of benzene rings is 3. The number of carbonyl (C=O) groups excluding carboxylic acids is 2. The highest BCUT2D eigenvalue weighted by molar-refractivity contribution is 9.10. The number of nitrogens with zero attached hydrogens (tertiary/aromatic N) is 2. The Labute approximate surface area is 251 Å². The van der Waals surface area contributed by atoms with Gasteiger partial charge in [0.05, 0.1) is 30.6 Å². The Morgan fingerprint density at radius 3 is 2.63 bits per heavy atom. The highest BCUT2D eigenvalue weighted by Gasteiger charge is 2.38. The molecule has 2 aliphatic rings. The molecule has 1 amide bonds. The van der Waals surface area contributed by atoms with Gasteiger partial charge < -0.3 is 14.8 Å². The average Bonchev–Trinajstić information content (AvgIpc) is 3.46. The van der Waals surface area contributed by atoms with E-state index < -0.39 is 23.5 Å². The maximum atomic E-state index is 14.3. The highest BCUT2D eigenvalue weighted by atomic mass is 79.9. The minimum atomic E-state index is -0.967. The van der Waals surface area contributed by atoms with E-state index in [4.69, 9.17) is 26.1 Å². The lowest BCUT2D eigenvalue weighted by molar-refractivity contribution is -0.138. The standard InChI is InChI=1S/C30H21BrClN3O5S/c1-3-40-29(38)23-24(15-7-5-4-6-8-15)34-30-35(25(23)19-13-16(31)9-12-21(19)39-2)28(37)26(41-30)22-18-14-17(32)10-11-20(18)33-27(22)36/h4-14,25H,3H2,1-2H3,(H,33,36)/b26-22+/t25-/m0/s1. The zero-order valence-corrected chi connectivity index (χ0v) is 24.9. The van der Waals surface area contributed by atoms with Crippen LogP contribution in [0.4, 0.5) is 5.69 Å². The number of aromatic nitrogens is 1.